The summed E-state index contributed by atoms with van der Waals surface area (Å²) < 4.78 is 21.7. The summed E-state index contributed by atoms with van der Waals surface area (Å²) in [5.41, 5.74) is 6.82. The molecule has 0 aliphatic carbocycles. The van der Waals surface area contributed by atoms with E-state index < -0.39 is 11.7 Å². The highest BCUT2D eigenvalue weighted by Gasteiger charge is 2.24. The minimum absolute atomic E-state index is 0.221. The van der Waals surface area contributed by atoms with Gasteiger partial charge in [-0.2, -0.15) is 0 Å². The van der Waals surface area contributed by atoms with E-state index in [-0.39, 0.29) is 22.9 Å². The van der Waals surface area contributed by atoms with E-state index in [1.165, 1.54) is 22.9 Å². The molecule has 3 heterocycles. The van der Waals surface area contributed by atoms with Crippen LogP contribution in [0.25, 0.3) is 11.3 Å². The first kappa shape index (κ1) is 20.7. The van der Waals surface area contributed by atoms with Gasteiger partial charge < -0.3 is 15.4 Å². The molecule has 1 aromatic carbocycles. The summed E-state index contributed by atoms with van der Waals surface area (Å²) in [5, 5.41) is 0. The zero-order valence-electron chi connectivity index (χ0n) is 17.0. The van der Waals surface area contributed by atoms with Crippen LogP contribution < -0.4 is 16.2 Å². The number of ether oxygens (including phenoxy) is 1. The standard InChI is InChI=1S/C22H22FN5O3/c1-27-20(29)11-18(16-7-8-25-12-17(16)23)26-22(27)28-9-2-10-31-19(13-28)14-3-5-15(6-4-14)21(24)30/h3-8,11-12,19H,2,9-10,13H2,1H3,(H2,24,30)/t19-/m1/s1. The van der Waals surface area contributed by atoms with E-state index in [0.717, 1.165) is 18.2 Å². The molecular weight excluding hydrogens is 401 g/mol. The van der Waals surface area contributed by atoms with E-state index in [1.807, 2.05) is 17.0 Å². The topological polar surface area (TPSA) is 103 Å². The fourth-order valence-electron chi connectivity index (χ4n) is 3.60. The number of aromatic nitrogens is 3. The number of hydrogen-bond donors (Lipinski definition) is 1. The van der Waals surface area contributed by atoms with Crippen LogP contribution >= 0.6 is 0 Å². The average molecular weight is 423 g/mol. The highest BCUT2D eigenvalue weighted by molar-refractivity contribution is 5.92. The van der Waals surface area contributed by atoms with E-state index in [0.29, 0.717) is 31.2 Å². The summed E-state index contributed by atoms with van der Waals surface area (Å²) in [5.74, 6) is -0.599. The lowest BCUT2D eigenvalue weighted by molar-refractivity contribution is 0.0685. The van der Waals surface area contributed by atoms with Gasteiger partial charge >= 0.3 is 0 Å². The number of benzene rings is 1. The van der Waals surface area contributed by atoms with Crippen molar-refractivity contribution < 1.29 is 13.9 Å². The van der Waals surface area contributed by atoms with Crippen LogP contribution in [-0.2, 0) is 11.8 Å². The second kappa shape index (κ2) is 8.65. The normalized spacial score (nSPS) is 16.7. The predicted molar refractivity (Wildman–Crippen MR) is 113 cm³/mol. The molecule has 0 radical (unpaired) electrons. The molecule has 0 spiro atoms. The first-order valence-electron chi connectivity index (χ1n) is 9.88. The summed E-state index contributed by atoms with van der Waals surface area (Å²) in [6.07, 6.45) is 3.00. The first-order valence-corrected chi connectivity index (χ1v) is 9.88. The second-order valence-corrected chi connectivity index (χ2v) is 7.34. The summed E-state index contributed by atoms with van der Waals surface area (Å²) >= 11 is 0. The largest absolute Gasteiger partial charge is 0.372 e. The Labute approximate surface area is 178 Å². The minimum Gasteiger partial charge on any atom is -0.372 e. The van der Waals surface area contributed by atoms with Crippen LogP contribution in [0.5, 0.6) is 0 Å². The Morgan fingerprint density at radius 3 is 2.74 bits per heavy atom. The number of anilines is 1. The Morgan fingerprint density at radius 1 is 1.26 bits per heavy atom. The van der Waals surface area contributed by atoms with Gasteiger partial charge in [-0.15, -0.1) is 0 Å². The molecule has 2 aromatic heterocycles. The summed E-state index contributed by atoms with van der Waals surface area (Å²) in [7, 11) is 1.64. The Hall–Kier alpha value is -3.59. The van der Waals surface area contributed by atoms with Crippen molar-refractivity contribution in [1.82, 2.24) is 14.5 Å². The smallest absolute Gasteiger partial charge is 0.255 e. The molecule has 1 fully saturated rings. The van der Waals surface area contributed by atoms with Crippen LogP contribution in [0.4, 0.5) is 10.3 Å². The maximum absolute atomic E-state index is 14.2. The zero-order chi connectivity index (χ0) is 22.0. The molecule has 31 heavy (non-hydrogen) atoms. The Balaban J connectivity index is 1.68. The lowest BCUT2D eigenvalue weighted by atomic mass is 10.1. The molecular formula is C22H22FN5O3. The van der Waals surface area contributed by atoms with E-state index >= 15 is 0 Å². The van der Waals surface area contributed by atoms with Crippen molar-refractivity contribution in [2.75, 3.05) is 24.6 Å². The quantitative estimate of drug-likeness (QED) is 0.689. The van der Waals surface area contributed by atoms with Gasteiger partial charge in [0.05, 0.1) is 18.4 Å². The maximum atomic E-state index is 14.2. The van der Waals surface area contributed by atoms with Crippen molar-refractivity contribution in [2.24, 2.45) is 12.8 Å². The van der Waals surface area contributed by atoms with E-state index in [9.17, 15) is 14.0 Å². The highest BCUT2D eigenvalue weighted by Crippen LogP contribution is 2.26. The molecule has 0 unspecified atom stereocenters. The number of rotatable bonds is 4. The molecule has 4 rings (SSSR count). The number of carbonyl (C=O) groups excluding carboxylic acids is 1. The van der Waals surface area contributed by atoms with Gasteiger partial charge in [0.1, 0.15) is 6.10 Å². The van der Waals surface area contributed by atoms with Crippen molar-refractivity contribution in [3.8, 4) is 11.3 Å². The number of nitrogens with zero attached hydrogens (tertiary/aromatic N) is 4. The summed E-state index contributed by atoms with van der Waals surface area (Å²) in [6, 6.07) is 9.76. The molecule has 3 aromatic rings. The van der Waals surface area contributed by atoms with Gasteiger partial charge in [0.2, 0.25) is 11.9 Å². The molecule has 9 heteroatoms. The maximum Gasteiger partial charge on any atom is 0.255 e. The molecule has 1 aliphatic heterocycles. The molecule has 0 bridgehead atoms. The van der Waals surface area contributed by atoms with Crippen molar-refractivity contribution in [1.29, 1.82) is 0 Å². The van der Waals surface area contributed by atoms with Gasteiger partial charge in [0.25, 0.3) is 5.56 Å². The molecule has 1 atom stereocenters. The van der Waals surface area contributed by atoms with Crippen LogP contribution in [0, 0.1) is 5.82 Å². The van der Waals surface area contributed by atoms with Crippen LogP contribution in [0.15, 0.2) is 53.6 Å². The predicted octanol–water partition coefficient (Wildman–Crippen LogP) is 2.05. The molecule has 1 amide bonds. The third-order valence-electron chi connectivity index (χ3n) is 5.29. The number of halogens is 1. The number of carbonyl (C=O) groups is 1. The average Bonchev–Trinajstić information content (AvgIpc) is 3.02. The third-order valence-corrected chi connectivity index (χ3v) is 5.29. The van der Waals surface area contributed by atoms with Crippen molar-refractivity contribution in [3.63, 3.8) is 0 Å². The van der Waals surface area contributed by atoms with Crippen molar-refractivity contribution in [2.45, 2.75) is 12.5 Å². The zero-order valence-corrected chi connectivity index (χ0v) is 17.0. The lowest BCUT2D eigenvalue weighted by Crippen LogP contribution is -2.34. The number of pyridine rings is 1. The first-order chi connectivity index (χ1) is 14.9. The molecule has 1 aliphatic rings. The van der Waals surface area contributed by atoms with Gasteiger partial charge in [-0.1, -0.05) is 12.1 Å². The highest BCUT2D eigenvalue weighted by atomic mass is 19.1. The van der Waals surface area contributed by atoms with Crippen molar-refractivity contribution in [3.05, 3.63) is 76.1 Å². The fraction of sp³-hybridized carbons (Fsp3) is 0.273. The number of hydrogen-bond acceptors (Lipinski definition) is 6. The number of nitrogens with two attached hydrogens (primary N) is 1. The second-order valence-electron chi connectivity index (χ2n) is 7.34. The van der Waals surface area contributed by atoms with Crippen LogP contribution in [0.1, 0.15) is 28.4 Å². The fourth-order valence-corrected chi connectivity index (χ4v) is 3.60. The van der Waals surface area contributed by atoms with Gasteiger partial charge in [-0.05, 0) is 30.2 Å². The Kier molecular flexibility index (Phi) is 5.77. The third kappa shape index (κ3) is 4.31. The van der Waals surface area contributed by atoms with Gasteiger partial charge in [-0.3, -0.25) is 19.1 Å². The van der Waals surface area contributed by atoms with E-state index in [2.05, 4.69) is 9.97 Å². The minimum atomic E-state index is -0.541. The molecule has 1 saturated heterocycles. The van der Waals surface area contributed by atoms with E-state index in [1.54, 1.807) is 19.2 Å². The number of primary amides is 1. The van der Waals surface area contributed by atoms with E-state index in [4.69, 9.17) is 10.5 Å². The van der Waals surface area contributed by atoms with Crippen LogP contribution in [0.3, 0.4) is 0 Å². The summed E-state index contributed by atoms with van der Waals surface area (Å²) in [4.78, 5) is 34.3. The van der Waals surface area contributed by atoms with Crippen LogP contribution in [-0.4, -0.2) is 40.1 Å². The Morgan fingerprint density at radius 2 is 2.03 bits per heavy atom. The molecule has 8 nitrogen and oxygen atoms in total. The van der Waals surface area contributed by atoms with Crippen molar-refractivity contribution >= 4 is 11.9 Å². The molecule has 0 saturated carbocycles. The van der Waals surface area contributed by atoms with Gasteiger partial charge in [0.15, 0.2) is 5.82 Å². The lowest BCUT2D eigenvalue weighted by Gasteiger charge is -2.27. The van der Waals surface area contributed by atoms with Gasteiger partial charge in [-0.25, -0.2) is 9.37 Å². The van der Waals surface area contributed by atoms with Crippen LogP contribution in [0.2, 0.25) is 0 Å². The SMILES string of the molecule is Cn1c(N2CCCO[C@@H](c3ccc(C(N)=O)cc3)C2)nc(-c2ccncc2F)cc1=O. The summed E-state index contributed by atoms with van der Waals surface area (Å²) in [6.45, 7) is 1.60. The number of amides is 1. The van der Waals surface area contributed by atoms with Gasteiger partial charge in [0, 0.05) is 43.6 Å². The Bertz CT molecular complexity index is 1160. The monoisotopic (exact) mass is 423 g/mol. The molecule has 160 valence electrons. The molecule has 2 N–H and O–H groups in total.